The lowest BCUT2D eigenvalue weighted by Gasteiger charge is -2.18. The number of anilines is 1. The highest BCUT2D eigenvalue weighted by molar-refractivity contribution is 14.1. The summed E-state index contributed by atoms with van der Waals surface area (Å²) in [4.78, 5) is 13.5. The Morgan fingerprint density at radius 3 is 2.88 bits per heavy atom. The van der Waals surface area contributed by atoms with Crippen molar-refractivity contribution in [1.29, 1.82) is 0 Å². The van der Waals surface area contributed by atoms with Crippen LogP contribution in [0.2, 0.25) is 0 Å². The predicted octanol–water partition coefficient (Wildman–Crippen LogP) is 2.33. The van der Waals surface area contributed by atoms with E-state index in [1.165, 1.54) is 0 Å². The first-order chi connectivity index (χ1) is 7.61. The number of halogens is 1. The Bertz CT molecular complexity index is 424. The molecule has 0 spiro atoms. The molecule has 1 aliphatic heterocycles. The molecule has 5 heteroatoms. The van der Waals surface area contributed by atoms with Gasteiger partial charge in [-0.25, -0.2) is 0 Å². The molecule has 3 nitrogen and oxygen atoms in total. The highest BCUT2D eigenvalue weighted by atomic mass is 127. The number of methoxy groups -OCH3 is 1. The van der Waals surface area contributed by atoms with E-state index in [4.69, 9.17) is 4.74 Å². The van der Waals surface area contributed by atoms with Gasteiger partial charge < -0.3 is 9.64 Å². The average Bonchev–Trinajstić information content (AvgIpc) is 2.58. The molecule has 16 heavy (non-hydrogen) atoms. The summed E-state index contributed by atoms with van der Waals surface area (Å²) in [5, 5.41) is 0.134. The standard InChI is InChI=1S/C11H12INO2S/c1-15-7-2-3-9(12)10(4-7)13-6-8(16)5-11(13)14/h2-4,8,16H,5-6H2,1H3. The van der Waals surface area contributed by atoms with Gasteiger partial charge in [-0.05, 0) is 34.7 Å². The Morgan fingerprint density at radius 1 is 1.56 bits per heavy atom. The maximum atomic E-state index is 11.8. The maximum absolute atomic E-state index is 11.8. The fourth-order valence-corrected chi connectivity index (χ4v) is 2.69. The second kappa shape index (κ2) is 4.83. The first-order valence-electron chi connectivity index (χ1n) is 4.94. The third kappa shape index (κ3) is 2.29. The van der Waals surface area contributed by atoms with Gasteiger partial charge in [-0.1, -0.05) is 0 Å². The van der Waals surface area contributed by atoms with Gasteiger partial charge in [0.05, 0.1) is 12.8 Å². The molecule has 0 aromatic heterocycles. The normalized spacial score (nSPS) is 20.3. The maximum Gasteiger partial charge on any atom is 0.228 e. The van der Waals surface area contributed by atoms with Gasteiger partial charge in [0.25, 0.3) is 0 Å². The molecule has 1 fully saturated rings. The summed E-state index contributed by atoms with van der Waals surface area (Å²) in [7, 11) is 1.62. The molecule has 1 unspecified atom stereocenters. The Labute approximate surface area is 114 Å². The van der Waals surface area contributed by atoms with Crippen LogP contribution < -0.4 is 9.64 Å². The summed E-state index contributed by atoms with van der Waals surface area (Å²) in [5.41, 5.74) is 0.918. The van der Waals surface area contributed by atoms with Gasteiger partial charge in [-0.15, -0.1) is 0 Å². The number of ether oxygens (including phenoxy) is 1. The van der Waals surface area contributed by atoms with E-state index in [-0.39, 0.29) is 11.2 Å². The molecule has 2 rings (SSSR count). The van der Waals surface area contributed by atoms with E-state index in [1.54, 1.807) is 12.0 Å². The summed E-state index contributed by atoms with van der Waals surface area (Å²) < 4.78 is 6.22. The molecule has 1 amide bonds. The molecular weight excluding hydrogens is 337 g/mol. The molecule has 0 saturated carbocycles. The minimum Gasteiger partial charge on any atom is -0.497 e. The van der Waals surface area contributed by atoms with Crippen LogP contribution in [0.15, 0.2) is 18.2 Å². The van der Waals surface area contributed by atoms with Crippen molar-refractivity contribution < 1.29 is 9.53 Å². The topological polar surface area (TPSA) is 29.5 Å². The number of nitrogens with zero attached hydrogens (tertiary/aromatic N) is 1. The molecule has 0 aliphatic carbocycles. The molecule has 1 aliphatic rings. The second-order valence-electron chi connectivity index (χ2n) is 3.68. The van der Waals surface area contributed by atoms with Crippen LogP contribution in [-0.2, 0) is 4.79 Å². The molecule has 1 aromatic carbocycles. The van der Waals surface area contributed by atoms with Crippen LogP contribution in [-0.4, -0.2) is 24.8 Å². The van der Waals surface area contributed by atoms with Gasteiger partial charge >= 0.3 is 0 Å². The van der Waals surface area contributed by atoms with Crippen molar-refractivity contribution in [2.45, 2.75) is 11.7 Å². The lowest BCUT2D eigenvalue weighted by atomic mass is 10.3. The smallest absolute Gasteiger partial charge is 0.228 e. The molecule has 1 aromatic rings. The Kier molecular flexibility index (Phi) is 3.63. The summed E-state index contributed by atoms with van der Waals surface area (Å²) in [6, 6.07) is 5.74. The van der Waals surface area contributed by atoms with Crippen molar-refractivity contribution in [1.82, 2.24) is 0 Å². The number of hydrogen-bond acceptors (Lipinski definition) is 3. The Morgan fingerprint density at radius 2 is 2.31 bits per heavy atom. The molecule has 1 saturated heterocycles. The Hall–Kier alpha value is -0.430. The van der Waals surface area contributed by atoms with Crippen molar-refractivity contribution >= 4 is 46.8 Å². The van der Waals surface area contributed by atoms with Crippen LogP contribution in [0.4, 0.5) is 5.69 Å². The minimum absolute atomic E-state index is 0.131. The van der Waals surface area contributed by atoms with E-state index in [0.29, 0.717) is 13.0 Å². The fourth-order valence-electron chi connectivity index (χ4n) is 1.75. The first-order valence-corrected chi connectivity index (χ1v) is 6.53. The SMILES string of the molecule is COc1ccc(I)c(N2CC(S)CC2=O)c1. The van der Waals surface area contributed by atoms with Crippen LogP contribution >= 0.6 is 35.2 Å². The third-order valence-corrected chi connectivity index (χ3v) is 3.81. The zero-order valence-electron chi connectivity index (χ0n) is 8.81. The molecular formula is C11H12INO2S. The van der Waals surface area contributed by atoms with Crippen LogP contribution in [0.1, 0.15) is 6.42 Å². The first kappa shape index (κ1) is 12.0. The van der Waals surface area contributed by atoms with Crippen molar-refractivity contribution in [2.24, 2.45) is 0 Å². The van der Waals surface area contributed by atoms with Crippen molar-refractivity contribution in [3.05, 3.63) is 21.8 Å². The molecule has 0 bridgehead atoms. The van der Waals surface area contributed by atoms with Crippen molar-refractivity contribution in [3.8, 4) is 5.75 Å². The lowest BCUT2D eigenvalue weighted by molar-refractivity contribution is -0.117. The van der Waals surface area contributed by atoms with E-state index in [0.717, 1.165) is 15.0 Å². The van der Waals surface area contributed by atoms with E-state index in [2.05, 4.69) is 35.2 Å². The summed E-state index contributed by atoms with van der Waals surface area (Å²) >= 11 is 6.57. The zero-order valence-corrected chi connectivity index (χ0v) is 11.9. The number of rotatable bonds is 2. The number of amides is 1. The van der Waals surface area contributed by atoms with Crippen LogP contribution in [0.25, 0.3) is 0 Å². The van der Waals surface area contributed by atoms with Crippen molar-refractivity contribution in [2.75, 3.05) is 18.6 Å². The molecule has 86 valence electrons. The summed E-state index contributed by atoms with van der Waals surface area (Å²) in [6.45, 7) is 0.672. The largest absolute Gasteiger partial charge is 0.497 e. The minimum atomic E-state index is 0.131. The monoisotopic (exact) mass is 349 g/mol. The van der Waals surface area contributed by atoms with Gasteiger partial charge in [0.15, 0.2) is 0 Å². The van der Waals surface area contributed by atoms with E-state index in [1.807, 2.05) is 18.2 Å². The number of carbonyl (C=O) groups excluding carboxylic acids is 1. The van der Waals surface area contributed by atoms with Crippen molar-refractivity contribution in [3.63, 3.8) is 0 Å². The predicted molar refractivity (Wildman–Crippen MR) is 75.5 cm³/mol. The van der Waals surface area contributed by atoms with Crippen LogP contribution in [0.3, 0.4) is 0 Å². The van der Waals surface area contributed by atoms with Gasteiger partial charge in [0.1, 0.15) is 5.75 Å². The van der Waals surface area contributed by atoms with Gasteiger partial charge in [-0.3, -0.25) is 4.79 Å². The molecule has 1 heterocycles. The van der Waals surface area contributed by atoms with Gasteiger partial charge in [0.2, 0.25) is 5.91 Å². The second-order valence-corrected chi connectivity index (χ2v) is 5.57. The van der Waals surface area contributed by atoms with Crippen LogP contribution in [0.5, 0.6) is 5.75 Å². The average molecular weight is 349 g/mol. The van der Waals surface area contributed by atoms with Gasteiger partial charge in [0, 0.05) is 27.9 Å². The third-order valence-electron chi connectivity index (χ3n) is 2.55. The molecule has 1 atom stereocenters. The number of benzene rings is 1. The highest BCUT2D eigenvalue weighted by Gasteiger charge is 2.29. The Balaban J connectivity index is 2.35. The number of hydrogen-bond donors (Lipinski definition) is 1. The summed E-state index contributed by atoms with van der Waals surface area (Å²) in [6.07, 6.45) is 0.510. The quantitative estimate of drug-likeness (QED) is 0.656. The fraction of sp³-hybridized carbons (Fsp3) is 0.364. The van der Waals surface area contributed by atoms with E-state index < -0.39 is 0 Å². The highest BCUT2D eigenvalue weighted by Crippen LogP contribution is 2.31. The van der Waals surface area contributed by atoms with E-state index in [9.17, 15) is 4.79 Å². The lowest BCUT2D eigenvalue weighted by Crippen LogP contribution is -2.25. The number of thiol groups is 1. The molecule has 0 radical (unpaired) electrons. The zero-order chi connectivity index (χ0) is 11.7. The van der Waals surface area contributed by atoms with Crippen LogP contribution in [0, 0.1) is 3.57 Å². The van der Waals surface area contributed by atoms with Gasteiger partial charge in [-0.2, -0.15) is 12.6 Å². The number of carbonyl (C=O) groups is 1. The van der Waals surface area contributed by atoms with E-state index >= 15 is 0 Å². The summed E-state index contributed by atoms with van der Waals surface area (Å²) in [5.74, 6) is 0.900. The molecule has 0 N–H and O–H groups in total.